The van der Waals surface area contributed by atoms with Crippen LogP contribution >= 0.6 is 0 Å². The molecule has 0 unspecified atom stereocenters. The number of aromatic carboxylic acids is 1. The Balaban J connectivity index is 2.59. The first-order valence-electron chi connectivity index (χ1n) is 5.98. The van der Waals surface area contributed by atoms with Gasteiger partial charge in [0.1, 0.15) is 5.82 Å². The highest BCUT2D eigenvalue weighted by atomic mass is 19.1. The lowest BCUT2D eigenvalue weighted by Crippen LogP contribution is -2.05. The summed E-state index contributed by atoms with van der Waals surface area (Å²) in [6.45, 7) is 3.74. The molecule has 0 aliphatic rings. The fourth-order valence-electron chi connectivity index (χ4n) is 1.76. The molecule has 2 rings (SSSR count). The lowest BCUT2D eigenvalue weighted by atomic mass is 10.2. The van der Waals surface area contributed by atoms with E-state index in [9.17, 15) is 9.18 Å². The van der Waals surface area contributed by atoms with Crippen molar-refractivity contribution in [2.75, 3.05) is 7.11 Å². The Morgan fingerprint density at radius 1 is 1.45 bits per heavy atom. The van der Waals surface area contributed by atoms with Crippen LogP contribution in [0.2, 0.25) is 0 Å². The third-order valence-electron chi connectivity index (χ3n) is 2.72. The number of carboxylic acids is 1. The molecule has 0 atom stereocenters. The predicted molar refractivity (Wildman–Crippen MR) is 68.9 cm³/mol. The molecule has 0 amide bonds. The zero-order chi connectivity index (χ0) is 14.9. The van der Waals surface area contributed by atoms with Crippen LogP contribution in [0, 0.1) is 5.82 Å². The molecule has 0 saturated heterocycles. The minimum atomic E-state index is -1.21. The Bertz CT molecular complexity index is 652. The molecule has 2 aromatic rings. The lowest BCUT2D eigenvalue weighted by molar-refractivity contribution is 0.0683. The highest BCUT2D eigenvalue weighted by molar-refractivity contribution is 5.83. The maximum absolute atomic E-state index is 13.4. The molecule has 7 heteroatoms. The number of rotatable bonds is 4. The number of carbonyl (C=O) groups is 1. The van der Waals surface area contributed by atoms with Crippen molar-refractivity contribution >= 4 is 5.97 Å². The molecular formula is C13H14FN3O3. The van der Waals surface area contributed by atoms with E-state index in [0.29, 0.717) is 11.5 Å². The monoisotopic (exact) mass is 279 g/mol. The molecule has 0 spiro atoms. The predicted octanol–water partition coefficient (Wildman–Crippen LogP) is 2.24. The van der Waals surface area contributed by atoms with Gasteiger partial charge in [-0.2, -0.15) is 0 Å². The summed E-state index contributed by atoms with van der Waals surface area (Å²) >= 11 is 0. The number of carboxylic acid groups (broad SMARTS) is 1. The van der Waals surface area contributed by atoms with Crippen molar-refractivity contribution < 1.29 is 19.0 Å². The van der Waals surface area contributed by atoms with Crippen LogP contribution in [0.1, 0.15) is 36.2 Å². The highest BCUT2D eigenvalue weighted by Gasteiger charge is 2.19. The van der Waals surface area contributed by atoms with E-state index in [1.807, 2.05) is 13.8 Å². The smallest absolute Gasteiger partial charge is 0.375 e. The lowest BCUT2D eigenvalue weighted by Gasteiger charge is -2.09. The molecule has 0 bridgehead atoms. The second-order valence-corrected chi connectivity index (χ2v) is 4.48. The van der Waals surface area contributed by atoms with Crippen molar-refractivity contribution in [1.29, 1.82) is 0 Å². The molecular weight excluding hydrogens is 265 g/mol. The highest BCUT2D eigenvalue weighted by Crippen LogP contribution is 2.23. The molecule has 1 aromatic carbocycles. The van der Waals surface area contributed by atoms with Gasteiger partial charge in [-0.1, -0.05) is 13.8 Å². The maximum atomic E-state index is 13.4. The number of methoxy groups -OCH3 is 1. The Morgan fingerprint density at radius 3 is 2.70 bits per heavy atom. The number of aromatic nitrogens is 3. The molecule has 0 aliphatic heterocycles. The van der Waals surface area contributed by atoms with E-state index in [0.717, 1.165) is 0 Å². The van der Waals surface area contributed by atoms with E-state index in [1.54, 1.807) is 0 Å². The van der Waals surface area contributed by atoms with Gasteiger partial charge >= 0.3 is 5.97 Å². The van der Waals surface area contributed by atoms with E-state index in [4.69, 9.17) is 9.84 Å². The zero-order valence-electron chi connectivity index (χ0n) is 11.3. The number of hydrogen-bond donors (Lipinski definition) is 1. The summed E-state index contributed by atoms with van der Waals surface area (Å²) in [4.78, 5) is 15.0. The molecule has 0 fully saturated rings. The second-order valence-electron chi connectivity index (χ2n) is 4.48. The van der Waals surface area contributed by atoms with Crippen LogP contribution in [-0.2, 0) is 0 Å². The van der Waals surface area contributed by atoms with Crippen LogP contribution in [0.5, 0.6) is 5.75 Å². The van der Waals surface area contributed by atoms with Crippen LogP contribution < -0.4 is 4.74 Å². The Labute approximate surface area is 114 Å². The zero-order valence-corrected chi connectivity index (χ0v) is 11.3. The van der Waals surface area contributed by atoms with Gasteiger partial charge in [-0.3, -0.25) is 0 Å². The quantitative estimate of drug-likeness (QED) is 0.928. The van der Waals surface area contributed by atoms with Crippen molar-refractivity contribution in [2.24, 2.45) is 0 Å². The van der Waals surface area contributed by atoms with Gasteiger partial charge in [0.05, 0.1) is 12.8 Å². The molecule has 1 aromatic heterocycles. The molecule has 0 aliphatic carbocycles. The second kappa shape index (κ2) is 5.28. The molecule has 6 nitrogen and oxygen atoms in total. The molecule has 20 heavy (non-hydrogen) atoms. The van der Waals surface area contributed by atoms with Crippen molar-refractivity contribution in [1.82, 2.24) is 14.8 Å². The van der Waals surface area contributed by atoms with Gasteiger partial charge in [-0.05, 0) is 12.1 Å². The summed E-state index contributed by atoms with van der Waals surface area (Å²) in [7, 11) is 1.36. The van der Waals surface area contributed by atoms with Gasteiger partial charge in [0, 0.05) is 12.0 Å². The van der Waals surface area contributed by atoms with E-state index in [2.05, 4.69) is 10.1 Å². The van der Waals surface area contributed by atoms with E-state index in [1.165, 1.54) is 30.0 Å². The van der Waals surface area contributed by atoms with Crippen molar-refractivity contribution in [2.45, 2.75) is 19.8 Å². The number of hydrogen-bond acceptors (Lipinski definition) is 4. The van der Waals surface area contributed by atoms with Crippen LogP contribution in [0.25, 0.3) is 5.69 Å². The van der Waals surface area contributed by atoms with Crippen LogP contribution in [0.4, 0.5) is 4.39 Å². The molecule has 106 valence electrons. The van der Waals surface area contributed by atoms with Gasteiger partial charge < -0.3 is 9.84 Å². The standard InChI is InChI=1S/C13H14FN3O3/c1-7(2)12-15-11(13(18)19)16-17(12)8-4-5-9(14)10(6-8)20-3/h4-7H,1-3H3,(H,18,19). The molecule has 0 saturated carbocycles. The number of benzene rings is 1. The first-order chi connectivity index (χ1) is 9.43. The molecule has 1 heterocycles. The third-order valence-corrected chi connectivity index (χ3v) is 2.72. The maximum Gasteiger partial charge on any atom is 0.375 e. The van der Waals surface area contributed by atoms with Gasteiger partial charge in [0.25, 0.3) is 5.82 Å². The van der Waals surface area contributed by atoms with E-state index in [-0.39, 0.29) is 17.5 Å². The third kappa shape index (κ3) is 2.47. The fourth-order valence-corrected chi connectivity index (χ4v) is 1.76. The summed E-state index contributed by atoms with van der Waals surface area (Å²) in [5.74, 6) is -1.50. The largest absolute Gasteiger partial charge is 0.494 e. The summed E-state index contributed by atoms with van der Waals surface area (Å²) in [5.41, 5.74) is 0.493. The summed E-state index contributed by atoms with van der Waals surface area (Å²) in [5, 5.41) is 12.9. The van der Waals surface area contributed by atoms with Gasteiger partial charge in [-0.25, -0.2) is 18.9 Å². The Kier molecular flexibility index (Phi) is 3.69. The van der Waals surface area contributed by atoms with Crippen molar-refractivity contribution in [3.63, 3.8) is 0 Å². The summed E-state index contributed by atoms with van der Waals surface area (Å²) < 4.78 is 19.7. The molecule has 0 radical (unpaired) electrons. The number of nitrogens with zero attached hydrogens (tertiary/aromatic N) is 3. The average Bonchev–Trinajstić information content (AvgIpc) is 2.84. The van der Waals surface area contributed by atoms with E-state index >= 15 is 0 Å². The van der Waals surface area contributed by atoms with Crippen molar-refractivity contribution in [3.8, 4) is 11.4 Å². The Morgan fingerprint density at radius 2 is 2.15 bits per heavy atom. The fraction of sp³-hybridized carbons (Fsp3) is 0.308. The normalized spacial score (nSPS) is 10.8. The summed E-state index contributed by atoms with van der Waals surface area (Å²) in [6.07, 6.45) is 0. The average molecular weight is 279 g/mol. The van der Waals surface area contributed by atoms with E-state index < -0.39 is 11.8 Å². The topological polar surface area (TPSA) is 77.2 Å². The minimum Gasteiger partial charge on any atom is -0.494 e. The first kappa shape index (κ1) is 14.0. The van der Waals surface area contributed by atoms with Crippen LogP contribution in [-0.4, -0.2) is 33.0 Å². The molecule has 1 N–H and O–H groups in total. The first-order valence-corrected chi connectivity index (χ1v) is 5.98. The SMILES string of the molecule is COc1cc(-n2nc(C(=O)O)nc2C(C)C)ccc1F. The van der Waals surface area contributed by atoms with Crippen LogP contribution in [0.3, 0.4) is 0 Å². The van der Waals surface area contributed by atoms with Gasteiger partial charge in [-0.15, -0.1) is 5.10 Å². The minimum absolute atomic E-state index is 0.0355. The van der Waals surface area contributed by atoms with Crippen molar-refractivity contribution in [3.05, 3.63) is 35.7 Å². The number of halogens is 1. The number of ether oxygens (including phenoxy) is 1. The van der Waals surface area contributed by atoms with Gasteiger partial charge in [0.2, 0.25) is 0 Å². The Hall–Kier alpha value is -2.44. The van der Waals surface area contributed by atoms with Gasteiger partial charge in [0.15, 0.2) is 11.6 Å². The van der Waals surface area contributed by atoms with Crippen LogP contribution in [0.15, 0.2) is 18.2 Å². The summed E-state index contributed by atoms with van der Waals surface area (Å²) in [6, 6.07) is 4.17.